The molecule has 3 nitrogen and oxygen atoms in total. The predicted octanol–water partition coefficient (Wildman–Crippen LogP) is 1.79. The minimum atomic E-state index is -0.357. The molecule has 15 heavy (non-hydrogen) atoms. The number of benzene rings is 1. The lowest BCUT2D eigenvalue weighted by Crippen LogP contribution is -2.18. The third-order valence-electron chi connectivity index (χ3n) is 2.04. The van der Waals surface area contributed by atoms with Gasteiger partial charge in [-0.05, 0) is 13.1 Å². The van der Waals surface area contributed by atoms with Crippen LogP contribution in [0.15, 0.2) is 18.2 Å². The van der Waals surface area contributed by atoms with Gasteiger partial charge in [0.05, 0.1) is 19.7 Å². The van der Waals surface area contributed by atoms with Gasteiger partial charge in [0, 0.05) is 12.1 Å². The fourth-order valence-electron chi connectivity index (χ4n) is 1.30. The van der Waals surface area contributed by atoms with Crippen LogP contribution in [-0.2, 0) is 6.54 Å². The van der Waals surface area contributed by atoms with Crippen molar-refractivity contribution in [3.05, 3.63) is 29.6 Å². The molecule has 4 heteroatoms. The lowest BCUT2D eigenvalue weighted by atomic mass is 10.2. The van der Waals surface area contributed by atoms with Gasteiger partial charge in [0.2, 0.25) is 0 Å². The molecule has 0 fully saturated rings. The van der Waals surface area contributed by atoms with E-state index in [9.17, 15) is 4.39 Å². The largest absolute Gasteiger partial charge is 0.494 e. The minimum Gasteiger partial charge on any atom is -0.494 e. The maximum Gasteiger partial charge on any atom is 0.169 e. The molecule has 0 amide bonds. The normalized spacial score (nSPS) is 10.1. The Kier molecular flexibility index (Phi) is 4.07. The van der Waals surface area contributed by atoms with E-state index in [-0.39, 0.29) is 18.1 Å². The van der Waals surface area contributed by atoms with E-state index in [1.165, 1.54) is 7.11 Å². The molecule has 0 atom stereocenters. The number of nitriles is 1. The zero-order chi connectivity index (χ0) is 11.3. The van der Waals surface area contributed by atoms with Crippen LogP contribution in [0.3, 0.4) is 0 Å². The van der Waals surface area contributed by atoms with E-state index in [0.717, 1.165) is 0 Å². The Labute approximate surface area is 88.7 Å². The van der Waals surface area contributed by atoms with E-state index in [1.807, 2.05) is 6.07 Å². The molecular weight excluding hydrogens is 195 g/mol. The molecular formula is C11H13FN2O. The van der Waals surface area contributed by atoms with Gasteiger partial charge >= 0.3 is 0 Å². The number of methoxy groups -OCH3 is 1. The Bertz CT molecular complexity index is 373. The molecule has 0 spiro atoms. The maximum atomic E-state index is 13.6. The minimum absolute atomic E-state index is 0.234. The number of hydrogen-bond acceptors (Lipinski definition) is 3. The van der Waals surface area contributed by atoms with Crippen LogP contribution in [0.2, 0.25) is 0 Å². The van der Waals surface area contributed by atoms with Gasteiger partial charge in [-0.25, -0.2) is 4.39 Å². The van der Waals surface area contributed by atoms with Crippen LogP contribution in [-0.4, -0.2) is 25.6 Å². The third-order valence-corrected chi connectivity index (χ3v) is 2.04. The van der Waals surface area contributed by atoms with Gasteiger partial charge in [-0.15, -0.1) is 0 Å². The second-order valence-electron chi connectivity index (χ2n) is 3.26. The van der Waals surface area contributed by atoms with Crippen molar-refractivity contribution < 1.29 is 9.13 Å². The average molecular weight is 208 g/mol. The standard InChI is InChI=1S/C11H13FN2O/c1-14(7-6-13)8-9-4-3-5-10(15-2)11(9)12/h3-5H,7-8H2,1-2H3. The van der Waals surface area contributed by atoms with Crippen LogP contribution >= 0.6 is 0 Å². The van der Waals surface area contributed by atoms with Crippen LogP contribution < -0.4 is 4.74 Å². The Balaban J connectivity index is 2.82. The first-order chi connectivity index (χ1) is 7.19. The van der Waals surface area contributed by atoms with Crippen LogP contribution in [0.4, 0.5) is 4.39 Å². The lowest BCUT2D eigenvalue weighted by Gasteiger charge is -2.14. The van der Waals surface area contributed by atoms with Gasteiger partial charge in [-0.2, -0.15) is 5.26 Å². The quantitative estimate of drug-likeness (QED) is 0.708. The summed E-state index contributed by atoms with van der Waals surface area (Å²) in [6.45, 7) is 0.674. The zero-order valence-electron chi connectivity index (χ0n) is 8.83. The predicted molar refractivity (Wildman–Crippen MR) is 54.9 cm³/mol. The molecule has 0 bridgehead atoms. The third kappa shape index (κ3) is 2.93. The first-order valence-electron chi connectivity index (χ1n) is 4.56. The summed E-state index contributed by atoms with van der Waals surface area (Å²) in [5, 5.41) is 8.47. The first-order valence-corrected chi connectivity index (χ1v) is 4.56. The molecule has 0 radical (unpaired) electrons. The van der Waals surface area contributed by atoms with Crippen molar-refractivity contribution in [2.45, 2.75) is 6.54 Å². The summed E-state index contributed by atoms with van der Waals surface area (Å²) in [5.74, 6) is -0.123. The highest BCUT2D eigenvalue weighted by Gasteiger charge is 2.09. The fourth-order valence-corrected chi connectivity index (χ4v) is 1.30. The molecule has 0 aliphatic carbocycles. The highest BCUT2D eigenvalue weighted by atomic mass is 19.1. The molecule has 0 aromatic heterocycles. The van der Waals surface area contributed by atoms with Crippen molar-refractivity contribution in [2.24, 2.45) is 0 Å². The van der Waals surface area contributed by atoms with Gasteiger partial charge in [0.1, 0.15) is 0 Å². The maximum absolute atomic E-state index is 13.6. The SMILES string of the molecule is COc1cccc(CN(C)CC#N)c1F. The molecule has 0 aliphatic heterocycles. The number of hydrogen-bond donors (Lipinski definition) is 0. The summed E-state index contributed by atoms with van der Waals surface area (Å²) in [6, 6.07) is 7.00. The van der Waals surface area contributed by atoms with Crippen molar-refractivity contribution in [3.8, 4) is 11.8 Å². The highest BCUT2D eigenvalue weighted by Crippen LogP contribution is 2.20. The van der Waals surface area contributed by atoms with Gasteiger partial charge in [0.15, 0.2) is 11.6 Å². The van der Waals surface area contributed by atoms with Crippen LogP contribution in [0.5, 0.6) is 5.75 Å². The lowest BCUT2D eigenvalue weighted by molar-refractivity contribution is 0.348. The van der Waals surface area contributed by atoms with E-state index >= 15 is 0 Å². The van der Waals surface area contributed by atoms with Crippen molar-refractivity contribution in [3.63, 3.8) is 0 Å². The monoisotopic (exact) mass is 208 g/mol. The van der Waals surface area contributed by atoms with E-state index in [0.29, 0.717) is 12.1 Å². The molecule has 0 N–H and O–H groups in total. The van der Waals surface area contributed by atoms with E-state index < -0.39 is 0 Å². The molecule has 0 aliphatic rings. The molecule has 0 heterocycles. The molecule has 0 unspecified atom stereocenters. The second kappa shape index (κ2) is 5.32. The molecule has 1 aromatic rings. The molecule has 1 aromatic carbocycles. The Morgan fingerprint density at radius 1 is 1.53 bits per heavy atom. The smallest absolute Gasteiger partial charge is 0.169 e. The zero-order valence-corrected chi connectivity index (χ0v) is 8.83. The fraction of sp³-hybridized carbons (Fsp3) is 0.364. The summed E-state index contributed by atoms with van der Waals surface area (Å²) in [4.78, 5) is 1.73. The molecule has 80 valence electrons. The van der Waals surface area contributed by atoms with Crippen LogP contribution in [0, 0.1) is 17.1 Å². The Morgan fingerprint density at radius 3 is 2.87 bits per heavy atom. The molecule has 0 saturated carbocycles. The topological polar surface area (TPSA) is 36.3 Å². The highest BCUT2D eigenvalue weighted by molar-refractivity contribution is 5.30. The van der Waals surface area contributed by atoms with Crippen LogP contribution in [0.25, 0.3) is 0 Å². The molecule has 0 saturated heterocycles. The van der Waals surface area contributed by atoms with Crippen LogP contribution in [0.1, 0.15) is 5.56 Å². The van der Waals surface area contributed by atoms with Crippen molar-refractivity contribution in [1.82, 2.24) is 4.90 Å². The average Bonchev–Trinajstić information content (AvgIpc) is 2.21. The number of rotatable bonds is 4. The summed E-state index contributed by atoms with van der Waals surface area (Å²) in [5.41, 5.74) is 0.534. The van der Waals surface area contributed by atoms with Gasteiger partial charge in [-0.1, -0.05) is 12.1 Å². The molecule has 1 rings (SSSR count). The summed E-state index contributed by atoms with van der Waals surface area (Å²) in [7, 11) is 3.20. The Hall–Kier alpha value is -1.60. The number of ether oxygens (including phenoxy) is 1. The first kappa shape index (κ1) is 11.5. The van der Waals surface area contributed by atoms with E-state index in [4.69, 9.17) is 10.00 Å². The second-order valence-corrected chi connectivity index (χ2v) is 3.26. The summed E-state index contributed by atoms with van der Waals surface area (Å²) in [6.07, 6.45) is 0. The Morgan fingerprint density at radius 2 is 2.27 bits per heavy atom. The van der Waals surface area contributed by atoms with Gasteiger partial charge < -0.3 is 4.74 Å². The van der Waals surface area contributed by atoms with Crippen molar-refractivity contribution >= 4 is 0 Å². The summed E-state index contributed by atoms with van der Waals surface area (Å²) >= 11 is 0. The number of halogens is 1. The van der Waals surface area contributed by atoms with E-state index in [1.54, 1.807) is 30.1 Å². The van der Waals surface area contributed by atoms with Gasteiger partial charge in [-0.3, -0.25) is 4.90 Å². The van der Waals surface area contributed by atoms with E-state index in [2.05, 4.69) is 0 Å². The summed E-state index contributed by atoms with van der Waals surface area (Å²) < 4.78 is 18.5. The van der Waals surface area contributed by atoms with Gasteiger partial charge in [0.25, 0.3) is 0 Å². The van der Waals surface area contributed by atoms with Crippen molar-refractivity contribution in [2.75, 3.05) is 20.7 Å². The number of nitrogens with zero attached hydrogens (tertiary/aromatic N) is 2. The van der Waals surface area contributed by atoms with Crippen molar-refractivity contribution in [1.29, 1.82) is 5.26 Å².